The molecule has 2 aromatic rings. The first-order chi connectivity index (χ1) is 12.3. The van der Waals surface area contributed by atoms with Crippen LogP contribution >= 0.6 is 24.0 Å². The van der Waals surface area contributed by atoms with E-state index in [1.165, 1.54) is 0 Å². The molecule has 0 aliphatic rings. The van der Waals surface area contributed by atoms with E-state index < -0.39 is 5.60 Å². The van der Waals surface area contributed by atoms with Crippen LogP contribution < -0.4 is 15.5 Å². The van der Waals surface area contributed by atoms with Gasteiger partial charge in [0.2, 0.25) is 0 Å². The number of pyridine rings is 1. The number of anilines is 1. The third-order valence-electron chi connectivity index (χ3n) is 3.91. The van der Waals surface area contributed by atoms with Gasteiger partial charge in [-0.05, 0) is 39.0 Å². The van der Waals surface area contributed by atoms with Crippen molar-refractivity contribution in [1.29, 1.82) is 0 Å². The first kappa shape index (κ1) is 23.2. The van der Waals surface area contributed by atoms with Crippen molar-refractivity contribution >= 4 is 35.8 Å². The van der Waals surface area contributed by atoms with Crippen LogP contribution in [0.5, 0.6) is 0 Å². The molecule has 2 heterocycles. The number of hydrogen-bond donors (Lipinski definition) is 3. The minimum absolute atomic E-state index is 0. The Kier molecular flexibility index (Phi) is 9.04. The van der Waals surface area contributed by atoms with Crippen molar-refractivity contribution < 1.29 is 9.52 Å². The Morgan fingerprint density at radius 2 is 2.04 bits per heavy atom. The monoisotopic (exact) mass is 487 g/mol. The van der Waals surface area contributed by atoms with Gasteiger partial charge >= 0.3 is 0 Å². The van der Waals surface area contributed by atoms with Gasteiger partial charge in [-0.25, -0.2) is 9.98 Å². The number of rotatable bonds is 7. The molecule has 0 aliphatic heterocycles. The van der Waals surface area contributed by atoms with E-state index in [9.17, 15) is 5.11 Å². The summed E-state index contributed by atoms with van der Waals surface area (Å²) in [7, 11) is 3.92. The van der Waals surface area contributed by atoms with Gasteiger partial charge in [-0.1, -0.05) is 6.07 Å². The summed E-state index contributed by atoms with van der Waals surface area (Å²) in [4.78, 5) is 11.0. The Balaban J connectivity index is 0.00000364. The van der Waals surface area contributed by atoms with Gasteiger partial charge < -0.3 is 25.1 Å². The molecule has 0 amide bonds. The second kappa shape index (κ2) is 10.5. The van der Waals surface area contributed by atoms with E-state index in [1.54, 1.807) is 19.2 Å². The van der Waals surface area contributed by atoms with E-state index >= 15 is 0 Å². The van der Waals surface area contributed by atoms with Gasteiger partial charge in [-0.3, -0.25) is 0 Å². The number of aliphatic imine (C=N–C) groups is 1. The molecule has 2 rings (SSSR count). The van der Waals surface area contributed by atoms with Gasteiger partial charge in [0.05, 0.1) is 13.1 Å². The number of aliphatic hydroxyl groups is 1. The Morgan fingerprint density at radius 3 is 2.63 bits per heavy atom. The Bertz CT molecular complexity index is 743. The van der Waals surface area contributed by atoms with Gasteiger partial charge in [-0.15, -0.1) is 24.0 Å². The molecule has 150 valence electrons. The summed E-state index contributed by atoms with van der Waals surface area (Å²) in [5, 5.41) is 17.0. The SMILES string of the molecule is CCNC(=NCc1cccnc1N(C)C)NCC(C)(O)c1ccc(C)o1.I. The lowest BCUT2D eigenvalue weighted by atomic mass is 10.0. The van der Waals surface area contributed by atoms with Crippen LogP contribution in [0.15, 0.2) is 39.9 Å². The van der Waals surface area contributed by atoms with E-state index in [0.717, 1.165) is 23.7 Å². The number of furan rings is 1. The zero-order chi connectivity index (χ0) is 19.2. The molecule has 0 saturated heterocycles. The highest BCUT2D eigenvalue weighted by atomic mass is 127. The minimum atomic E-state index is -1.13. The molecule has 8 heteroatoms. The first-order valence-corrected chi connectivity index (χ1v) is 8.76. The summed E-state index contributed by atoms with van der Waals surface area (Å²) in [6, 6.07) is 7.55. The van der Waals surface area contributed by atoms with E-state index in [0.29, 0.717) is 18.3 Å². The van der Waals surface area contributed by atoms with Gasteiger partial charge in [0.15, 0.2) is 5.96 Å². The average molecular weight is 487 g/mol. The van der Waals surface area contributed by atoms with Crippen molar-refractivity contribution in [2.75, 3.05) is 32.1 Å². The average Bonchev–Trinajstić information content (AvgIpc) is 3.05. The minimum Gasteiger partial charge on any atom is -0.463 e. The Hall–Kier alpha value is -1.81. The Morgan fingerprint density at radius 1 is 1.30 bits per heavy atom. The van der Waals surface area contributed by atoms with Crippen molar-refractivity contribution in [3.05, 3.63) is 47.5 Å². The van der Waals surface area contributed by atoms with Gasteiger partial charge in [0.25, 0.3) is 0 Å². The van der Waals surface area contributed by atoms with E-state index in [4.69, 9.17) is 4.42 Å². The molecule has 27 heavy (non-hydrogen) atoms. The highest BCUT2D eigenvalue weighted by Crippen LogP contribution is 2.22. The molecule has 1 atom stereocenters. The van der Waals surface area contributed by atoms with Crippen LogP contribution in [0.1, 0.15) is 30.9 Å². The lowest BCUT2D eigenvalue weighted by Crippen LogP contribution is -2.44. The summed E-state index contributed by atoms with van der Waals surface area (Å²) in [5.74, 6) is 2.82. The fraction of sp³-hybridized carbons (Fsp3) is 0.474. The number of guanidine groups is 1. The van der Waals surface area contributed by atoms with Gasteiger partial charge in [0.1, 0.15) is 22.9 Å². The summed E-state index contributed by atoms with van der Waals surface area (Å²) in [5.41, 5.74) is -0.101. The number of hydrogen-bond acceptors (Lipinski definition) is 5. The molecule has 0 saturated carbocycles. The summed E-state index contributed by atoms with van der Waals surface area (Å²) in [6.07, 6.45) is 1.77. The van der Waals surface area contributed by atoms with Gasteiger partial charge in [0, 0.05) is 32.4 Å². The van der Waals surface area contributed by atoms with Crippen molar-refractivity contribution in [1.82, 2.24) is 15.6 Å². The van der Waals surface area contributed by atoms with Crippen molar-refractivity contribution in [2.24, 2.45) is 4.99 Å². The molecule has 0 radical (unpaired) electrons. The number of aromatic nitrogens is 1. The molecule has 2 aromatic heterocycles. The fourth-order valence-electron chi connectivity index (χ4n) is 2.53. The molecular weight excluding hydrogens is 457 g/mol. The normalized spacial score (nSPS) is 13.5. The third-order valence-corrected chi connectivity index (χ3v) is 3.91. The first-order valence-electron chi connectivity index (χ1n) is 8.76. The maximum absolute atomic E-state index is 10.7. The zero-order valence-corrected chi connectivity index (χ0v) is 18.9. The smallest absolute Gasteiger partial charge is 0.191 e. The molecule has 0 bridgehead atoms. The van der Waals surface area contributed by atoms with Crippen molar-refractivity contribution in [3.63, 3.8) is 0 Å². The van der Waals surface area contributed by atoms with E-state index in [1.807, 2.05) is 51.0 Å². The highest BCUT2D eigenvalue weighted by molar-refractivity contribution is 14.0. The molecular formula is C19H30IN5O2. The van der Waals surface area contributed by atoms with Crippen LogP contribution in [-0.4, -0.2) is 43.2 Å². The fourth-order valence-corrected chi connectivity index (χ4v) is 2.53. The molecule has 0 aromatic carbocycles. The molecule has 0 fully saturated rings. The third kappa shape index (κ3) is 6.69. The molecule has 0 aliphatic carbocycles. The molecule has 0 spiro atoms. The largest absolute Gasteiger partial charge is 0.463 e. The lowest BCUT2D eigenvalue weighted by molar-refractivity contribution is 0.0378. The maximum atomic E-state index is 10.7. The molecule has 3 N–H and O–H groups in total. The van der Waals surface area contributed by atoms with Crippen LogP contribution in [0.25, 0.3) is 0 Å². The summed E-state index contributed by atoms with van der Waals surface area (Å²) in [6.45, 7) is 7.06. The summed E-state index contributed by atoms with van der Waals surface area (Å²) < 4.78 is 5.55. The predicted octanol–water partition coefficient (Wildman–Crippen LogP) is 2.63. The molecule has 7 nitrogen and oxygen atoms in total. The standard InChI is InChI=1S/C19H29N5O2.HI/c1-6-20-18(22-12-15-8-7-11-21-17(15)24(4)5)23-13-19(3,25)16-10-9-14(2)26-16;/h7-11,25H,6,12-13H2,1-5H3,(H2,20,22,23);1H. The zero-order valence-electron chi connectivity index (χ0n) is 16.6. The van der Waals surface area contributed by atoms with Gasteiger partial charge in [-0.2, -0.15) is 0 Å². The number of nitrogens with one attached hydrogen (secondary N) is 2. The van der Waals surface area contributed by atoms with E-state index in [-0.39, 0.29) is 30.5 Å². The van der Waals surface area contributed by atoms with Crippen molar-refractivity contribution in [2.45, 2.75) is 32.9 Å². The van der Waals surface area contributed by atoms with Crippen molar-refractivity contribution in [3.8, 4) is 0 Å². The highest BCUT2D eigenvalue weighted by Gasteiger charge is 2.27. The number of nitrogens with zero attached hydrogens (tertiary/aromatic N) is 3. The molecule has 1 unspecified atom stereocenters. The maximum Gasteiger partial charge on any atom is 0.191 e. The summed E-state index contributed by atoms with van der Waals surface area (Å²) >= 11 is 0. The van der Waals surface area contributed by atoms with E-state index in [2.05, 4.69) is 20.6 Å². The van der Waals surface area contributed by atoms with Crippen LogP contribution in [-0.2, 0) is 12.1 Å². The predicted molar refractivity (Wildman–Crippen MR) is 120 cm³/mol. The lowest BCUT2D eigenvalue weighted by Gasteiger charge is -2.23. The second-order valence-electron chi connectivity index (χ2n) is 6.61. The second-order valence-corrected chi connectivity index (χ2v) is 6.61. The topological polar surface area (TPSA) is 85.9 Å². The van der Waals surface area contributed by atoms with Crippen LogP contribution in [0.4, 0.5) is 5.82 Å². The Labute approximate surface area is 178 Å². The van der Waals surface area contributed by atoms with Crippen LogP contribution in [0, 0.1) is 6.92 Å². The number of aryl methyl sites for hydroxylation is 1. The van der Waals surface area contributed by atoms with Crippen LogP contribution in [0.3, 0.4) is 0 Å². The van der Waals surface area contributed by atoms with Crippen LogP contribution in [0.2, 0.25) is 0 Å². The quantitative estimate of drug-likeness (QED) is 0.317. The number of halogens is 1.